The Morgan fingerprint density at radius 1 is 1.22 bits per heavy atom. The van der Waals surface area contributed by atoms with Crippen LogP contribution in [0.3, 0.4) is 0 Å². The molecule has 0 unspecified atom stereocenters. The van der Waals surface area contributed by atoms with Crippen LogP contribution in [0.5, 0.6) is 0 Å². The van der Waals surface area contributed by atoms with Crippen LogP contribution < -0.4 is 5.73 Å². The molecule has 0 fully saturated rings. The van der Waals surface area contributed by atoms with Crippen LogP contribution in [0.25, 0.3) is 22.3 Å². The molecule has 0 aromatic carbocycles. The second kappa shape index (κ2) is 4.51. The smallest absolute Gasteiger partial charge is 0.276 e. The van der Waals surface area contributed by atoms with E-state index in [2.05, 4.69) is 31.1 Å². The lowest BCUT2D eigenvalue weighted by Gasteiger charge is -1.93. The molecule has 90 valence electrons. The second-order valence-electron chi connectivity index (χ2n) is 3.50. The number of hydrogen-bond donors (Lipinski definition) is 1. The van der Waals surface area contributed by atoms with Crippen LogP contribution in [0.4, 0.5) is 5.69 Å². The van der Waals surface area contributed by atoms with E-state index in [0.29, 0.717) is 23.1 Å². The summed E-state index contributed by atoms with van der Waals surface area (Å²) in [6.45, 7) is 0. The monoisotopic (exact) mass is 322 g/mol. The third-order valence-electron chi connectivity index (χ3n) is 2.23. The maximum atomic E-state index is 5.57. The van der Waals surface area contributed by atoms with Gasteiger partial charge in [0, 0.05) is 0 Å². The van der Waals surface area contributed by atoms with Crippen LogP contribution in [0, 0.1) is 0 Å². The van der Waals surface area contributed by atoms with Gasteiger partial charge in [-0.15, -0.1) is 11.3 Å². The number of pyridine rings is 1. The largest absolute Gasteiger partial charge is 0.397 e. The van der Waals surface area contributed by atoms with Gasteiger partial charge >= 0.3 is 0 Å². The standard InChI is InChI=1S/C11H7BrN4OS/c12-9-4-3-8(18-9)10-15-11(17-16-10)7-2-1-6(13)5-14-7/h1-5H,13H2. The van der Waals surface area contributed by atoms with Gasteiger partial charge in [-0.05, 0) is 40.2 Å². The van der Waals surface area contributed by atoms with Crippen molar-refractivity contribution in [2.75, 3.05) is 5.73 Å². The summed E-state index contributed by atoms with van der Waals surface area (Å²) in [5.41, 5.74) is 6.78. The van der Waals surface area contributed by atoms with Crippen LogP contribution in [0.15, 0.2) is 38.8 Å². The molecule has 0 aliphatic heterocycles. The maximum Gasteiger partial charge on any atom is 0.276 e. The van der Waals surface area contributed by atoms with Gasteiger partial charge in [0.15, 0.2) is 0 Å². The molecule has 0 amide bonds. The van der Waals surface area contributed by atoms with Gasteiger partial charge in [0.2, 0.25) is 5.82 Å². The number of aromatic nitrogens is 3. The zero-order chi connectivity index (χ0) is 12.5. The van der Waals surface area contributed by atoms with Gasteiger partial charge in [-0.25, -0.2) is 4.98 Å². The van der Waals surface area contributed by atoms with Crippen molar-refractivity contribution >= 4 is 33.0 Å². The Labute approximate surface area is 115 Å². The first kappa shape index (κ1) is 11.4. The van der Waals surface area contributed by atoms with Gasteiger partial charge in [-0.3, -0.25) is 0 Å². The van der Waals surface area contributed by atoms with E-state index in [-0.39, 0.29) is 0 Å². The molecule has 0 saturated carbocycles. The van der Waals surface area contributed by atoms with E-state index in [9.17, 15) is 0 Å². The molecule has 18 heavy (non-hydrogen) atoms. The summed E-state index contributed by atoms with van der Waals surface area (Å²) < 4.78 is 6.20. The Morgan fingerprint density at radius 3 is 2.78 bits per heavy atom. The zero-order valence-electron chi connectivity index (χ0n) is 9.00. The number of hydrogen-bond acceptors (Lipinski definition) is 6. The van der Waals surface area contributed by atoms with Crippen LogP contribution >= 0.6 is 27.3 Å². The molecule has 0 aliphatic carbocycles. The van der Waals surface area contributed by atoms with E-state index in [4.69, 9.17) is 10.3 Å². The Kier molecular flexibility index (Phi) is 2.85. The summed E-state index contributed by atoms with van der Waals surface area (Å²) in [5, 5.41) is 3.93. The lowest BCUT2D eigenvalue weighted by Crippen LogP contribution is -1.88. The summed E-state index contributed by atoms with van der Waals surface area (Å²) in [6.07, 6.45) is 1.56. The number of thiophene rings is 1. The van der Waals surface area contributed by atoms with Gasteiger partial charge in [0.25, 0.3) is 5.89 Å². The molecule has 3 aromatic rings. The van der Waals surface area contributed by atoms with E-state index < -0.39 is 0 Å². The van der Waals surface area contributed by atoms with Crippen molar-refractivity contribution in [3.63, 3.8) is 0 Å². The van der Waals surface area contributed by atoms with Gasteiger partial charge in [-0.1, -0.05) is 5.16 Å². The molecule has 0 saturated heterocycles. The Balaban J connectivity index is 1.96. The fourth-order valence-electron chi connectivity index (χ4n) is 1.39. The summed E-state index contributed by atoms with van der Waals surface area (Å²) in [7, 11) is 0. The molecular weight excluding hydrogens is 316 g/mol. The topological polar surface area (TPSA) is 77.8 Å². The minimum absolute atomic E-state index is 0.384. The predicted octanol–water partition coefficient (Wildman–Crippen LogP) is 3.20. The molecule has 2 N–H and O–H groups in total. The van der Waals surface area contributed by atoms with Crippen molar-refractivity contribution in [3.8, 4) is 22.3 Å². The van der Waals surface area contributed by atoms with E-state index >= 15 is 0 Å². The van der Waals surface area contributed by atoms with Crippen LogP contribution in [0.2, 0.25) is 0 Å². The lowest BCUT2D eigenvalue weighted by molar-refractivity contribution is 0.431. The molecule has 3 rings (SSSR count). The highest BCUT2D eigenvalue weighted by Gasteiger charge is 2.12. The number of anilines is 1. The van der Waals surface area contributed by atoms with E-state index in [0.717, 1.165) is 8.66 Å². The first-order valence-electron chi connectivity index (χ1n) is 5.04. The van der Waals surface area contributed by atoms with E-state index in [1.54, 1.807) is 29.7 Å². The van der Waals surface area contributed by atoms with Crippen LogP contribution in [-0.2, 0) is 0 Å². The van der Waals surface area contributed by atoms with Gasteiger partial charge in [-0.2, -0.15) is 4.98 Å². The zero-order valence-corrected chi connectivity index (χ0v) is 11.4. The molecular formula is C11H7BrN4OS. The third kappa shape index (κ3) is 2.14. The van der Waals surface area contributed by atoms with Gasteiger partial charge in [0.1, 0.15) is 5.69 Å². The normalized spacial score (nSPS) is 10.7. The first-order valence-corrected chi connectivity index (χ1v) is 6.64. The predicted molar refractivity (Wildman–Crippen MR) is 73.0 cm³/mol. The number of nitrogens with zero attached hydrogens (tertiary/aromatic N) is 3. The molecule has 0 radical (unpaired) electrons. The summed E-state index contributed by atoms with van der Waals surface area (Å²) in [5.74, 6) is 0.939. The highest BCUT2D eigenvalue weighted by atomic mass is 79.9. The molecule has 0 atom stereocenters. The first-order chi connectivity index (χ1) is 8.72. The van der Waals surface area contributed by atoms with E-state index in [1.165, 1.54) is 0 Å². The molecule has 0 spiro atoms. The molecule has 0 bridgehead atoms. The molecule has 0 aliphatic rings. The third-order valence-corrected chi connectivity index (χ3v) is 3.84. The number of nitrogens with two attached hydrogens (primary N) is 1. The molecule has 3 aromatic heterocycles. The summed E-state index contributed by atoms with van der Waals surface area (Å²) in [6, 6.07) is 7.36. The lowest BCUT2D eigenvalue weighted by atomic mass is 10.3. The minimum atomic E-state index is 0.384. The number of halogens is 1. The van der Waals surface area contributed by atoms with Crippen molar-refractivity contribution in [2.24, 2.45) is 0 Å². The van der Waals surface area contributed by atoms with Gasteiger partial charge in [0.05, 0.1) is 20.5 Å². The average molecular weight is 323 g/mol. The molecule has 7 heteroatoms. The van der Waals surface area contributed by atoms with Crippen LogP contribution in [0.1, 0.15) is 0 Å². The van der Waals surface area contributed by atoms with Crippen molar-refractivity contribution < 1.29 is 4.52 Å². The van der Waals surface area contributed by atoms with Crippen molar-refractivity contribution in [1.82, 2.24) is 15.1 Å². The van der Waals surface area contributed by atoms with Crippen LogP contribution in [-0.4, -0.2) is 15.1 Å². The minimum Gasteiger partial charge on any atom is -0.397 e. The Bertz CT molecular complexity index is 676. The highest BCUT2D eigenvalue weighted by molar-refractivity contribution is 9.11. The molecule has 5 nitrogen and oxygen atoms in total. The quantitative estimate of drug-likeness (QED) is 0.783. The van der Waals surface area contributed by atoms with E-state index in [1.807, 2.05) is 12.1 Å². The molecule has 3 heterocycles. The van der Waals surface area contributed by atoms with Crippen molar-refractivity contribution in [1.29, 1.82) is 0 Å². The fraction of sp³-hybridized carbons (Fsp3) is 0. The van der Waals surface area contributed by atoms with Crippen molar-refractivity contribution in [3.05, 3.63) is 34.2 Å². The van der Waals surface area contributed by atoms with Gasteiger partial charge < -0.3 is 10.3 Å². The maximum absolute atomic E-state index is 5.57. The highest BCUT2D eigenvalue weighted by Crippen LogP contribution is 2.30. The van der Waals surface area contributed by atoms with Crippen molar-refractivity contribution in [2.45, 2.75) is 0 Å². The SMILES string of the molecule is Nc1ccc(-c2nc(-c3ccc(Br)s3)no2)nc1. The Hall–Kier alpha value is -1.73. The fourth-order valence-corrected chi connectivity index (χ4v) is 2.71. The number of nitrogen functional groups attached to an aromatic ring is 1. The summed E-state index contributed by atoms with van der Waals surface area (Å²) in [4.78, 5) is 9.37. The Morgan fingerprint density at radius 2 is 2.11 bits per heavy atom. The average Bonchev–Trinajstić information content (AvgIpc) is 2.98. The summed E-state index contributed by atoms with van der Waals surface area (Å²) >= 11 is 4.94. The second-order valence-corrected chi connectivity index (χ2v) is 5.97. The number of rotatable bonds is 2.